The number of urea groups is 1. The van der Waals surface area contributed by atoms with E-state index in [2.05, 4.69) is 25.9 Å². The Morgan fingerprint density at radius 1 is 0.960 bits per heavy atom. The van der Waals surface area contributed by atoms with E-state index in [1.165, 1.54) is 61.2 Å². The molecule has 12 nitrogen and oxygen atoms in total. The summed E-state index contributed by atoms with van der Waals surface area (Å²) < 4.78 is 63.4. The molecule has 0 spiro atoms. The number of alkyl halides is 4. The Labute approximate surface area is 293 Å². The van der Waals surface area contributed by atoms with Gasteiger partial charge < -0.3 is 43.6 Å². The van der Waals surface area contributed by atoms with Crippen LogP contribution in [0.5, 0.6) is 11.5 Å². The van der Waals surface area contributed by atoms with Crippen molar-refractivity contribution in [2.24, 2.45) is 38.8 Å². The number of amidine groups is 1. The van der Waals surface area contributed by atoms with Gasteiger partial charge in [-0.05, 0) is 75.9 Å². The van der Waals surface area contributed by atoms with Crippen molar-refractivity contribution in [1.82, 2.24) is 10.6 Å². The zero-order valence-corrected chi connectivity index (χ0v) is 29.2. The van der Waals surface area contributed by atoms with Gasteiger partial charge in [-0.1, -0.05) is 0 Å². The summed E-state index contributed by atoms with van der Waals surface area (Å²) in [5.41, 5.74) is 22.3. The summed E-state index contributed by atoms with van der Waals surface area (Å²) in [6.45, 7) is 3.82. The maximum Gasteiger partial charge on any atom is 0.319 e. The zero-order chi connectivity index (χ0) is 37.1. The van der Waals surface area contributed by atoms with Gasteiger partial charge in [0.1, 0.15) is 11.5 Å². The number of unbranched alkanes of at least 4 members (excludes halogenated alkanes) is 1. The fourth-order valence-electron chi connectivity index (χ4n) is 5.52. The Morgan fingerprint density at radius 3 is 2.20 bits per heavy atom. The number of carbonyl (C=O) groups is 2. The molecule has 11 N–H and O–H groups in total. The van der Waals surface area contributed by atoms with E-state index in [0.717, 1.165) is 13.8 Å². The molecule has 1 saturated carbocycles. The van der Waals surface area contributed by atoms with Gasteiger partial charge in [0.25, 0.3) is 5.92 Å². The SMILES string of the molecule is CC(N)=Nc1cc(Oc2ccc(NC(=O)NC3CC(C(C)(F)F)CC(NC(=O)CCCCN=C(N)N)C3SCCN)cc2)cc(C(C)(F)F)c1. The van der Waals surface area contributed by atoms with Crippen LogP contribution < -0.4 is 43.6 Å². The van der Waals surface area contributed by atoms with E-state index in [0.29, 0.717) is 43.1 Å². The number of thioether (sulfide) groups is 1. The van der Waals surface area contributed by atoms with Crippen molar-refractivity contribution in [3.05, 3.63) is 48.0 Å². The molecule has 1 aliphatic rings. The first kappa shape index (κ1) is 40.2. The molecule has 50 heavy (non-hydrogen) atoms. The highest BCUT2D eigenvalue weighted by Gasteiger charge is 2.46. The summed E-state index contributed by atoms with van der Waals surface area (Å²) in [6, 6.07) is 8.02. The van der Waals surface area contributed by atoms with Crippen LogP contribution in [0.3, 0.4) is 0 Å². The number of halogens is 4. The number of ether oxygens (including phenoxy) is 1. The second kappa shape index (κ2) is 18.1. The molecule has 4 unspecified atom stereocenters. The van der Waals surface area contributed by atoms with Crippen LogP contribution in [0.15, 0.2) is 52.4 Å². The molecule has 0 radical (unpaired) electrons. The quantitative estimate of drug-likeness (QED) is 0.0532. The van der Waals surface area contributed by atoms with Crippen LogP contribution in [0.1, 0.15) is 58.4 Å². The van der Waals surface area contributed by atoms with Gasteiger partial charge in [-0.25, -0.2) is 27.3 Å². The van der Waals surface area contributed by atoms with Gasteiger partial charge in [-0.3, -0.25) is 9.79 Å². The lowest BCUT2D eigenvalue weighted by atomic mass is 9.79. The van der Waals surface area contributed by atoms with Crippen LogP contribution in [0.25, 0.3) is 0 Å². The first-order chi connectivity index (χ1) is 23.4. The summed E-state index contributed by atoms with van der Waals surface area (Å²) in [5, 5.41) is 8.04. The molecule has 0 heterocycles. The van der Waals surface area contributed by atoms with Gasteiger partial charge in [-0.15, -0.1) is 0 Å². The van der Waals surface area contributed by atoms with Crippen molar-refractivity contribution in [2.45, 2.75) is 82.1 Å². The summed E-state index contributed by atoms with van der Waals surface area (Å²) in [7, 11) is 0. The molecule has 4 atom stereocenters. The fraction of sp³-hybridized carbons (Fsp3) is 0.515. The van der Waals surface area contributed by atoms with Crippen LogP contribution in [-0.2, 0) is 10.7 Å². The van der Waals surface area contributed by atoms with Gasteiger partial charge in [0, 0.05) is 72.8 Å². The molecule has 0 aromatic heterocycles. The van der Waals surface area contributed by atoms with Crippen molar-refractivity contribution in [3.63, 3.8) is 0 Å². The van der Waals surface area contributed by atoms with Gasteiger partial charge in [0.05, 0.1) is 11.5 Å². The molecule has 3 rings (SSSR count). The minimum atomic E-state index is -3.15. The highest BCUT2D eigenvalue weighted by molar-refractivity contribution is 8.00. The molecule has 2 aromatic carbocycles. The fourth-order valence-corrected chi connectivity index (χ4v) is 6.75. The Bertz CT molecular complexity index is 1490. The Balaban J connectivity index is 1.71. The van der Waals surface area contributed by atoms with E-state index >= 15 is 0 Å². The highest BCUT2D eigenvalue weighted by Crippen LogP contribution is 2.40. The van der Waals surface area contributed by atoms with Crippen molar-refractivity contribution >= 4 is 46.9 Å². The van der Waals surface area contributed by atoms with Crippen LogP contribution in [0, 0.1) is 5.92 Å². The predicted octanol–water partition coefficient (Wildman–Crippen LogP) is 5.14. The lowest BCUT2D eigenvalue weighted by Crippen LogP contribution is -2.59. The average molecular weight is 726 g/mol. The molecule has 17 heteroatoms. The van der Waals surface area contributed by atoms with E-state index in [-0.39, 0.29) is 54.0 Å². The molecule has 1 fully saturated rings. The highest BCUT2D eigenvalue weighted by atomic mass is 32.2. The van der Waals surface area contributed by atoms with Gasteiger partial charge in [0.2, 0.25) is 11.8 Å². The smallest absolute Gasteiger partial charge is 0.319 e. The van der Waals surface area contributed by atoms with E-state index < -0.39 is 41.1 Å². The number of nitrogens with two attached hydrogens (primary N) is 4. The molecule has 0 bridgehead atoms. The minimum absolute atomic E-state index is 0.0115. The van der Waals surface area contributed by atoms with Crippen molar-refractivity contribution in [1.29, 1.82) is 0 Å². The van der Waals surface area contributed by atoms with Crippen molar-refractivity contribution in [2.75, 3.05) is 24.2 Å². The zero-order valence-electron chi connectivity index (χ0n) is 28.4. The monoisotopic (exact) mass is 725 g/mol. The molecular formula is C33H47F4N9O3S. The van der Waals surface area contributed by atoms with Gasteiger partial charge in [-0.2, -0.15) is 11.8 Å². The van der Waals surface area contributed by atoms with E-state index in [9.17, 15) is 27.2 Å². The van der Waals surface area contributed by atoms with Crippen LogP contribution in [0.4, 0.5) is 33.7 Å². The van der Waals surface area contributed by atoms with Crippen molar-refractivity contribution < 1.29 is 31.9 Å². The summed E-state index contributed by atoms with van der Waals surface area (Å²) in [4.78, 5) is 34.0. The number of carbonyl (C=O) groups excluding carboxylic acids is 2. The number of benzene rings is 2. The second-order valence-corrected chi connectivity index (χ2v) is 13.7. The molecule has 2 aromatic rings. The number of anilines is 1. The third-order valence-electron chi connectivity index (χ3n) is 7.84. The third-order valence-corrected chi connectivity index (χ3v) is 9.35. The van der Waals surface area contributed by atoms with Crippen LogP contribution in [-0.4, -0.2) is 65.8 Å². The predicted molar refractivity (Wildman–Crippen MR) is 191 cm³/mol. The number of aliphatic imine (C=N–C) groups is 2. The van der Waals surface area contributed by atoms with Gasteiger partial charge >= 0.3 is 6.03 Å². The number of hydrogen-bond donors (Lipinski definition) is 7. The molecule has 276 valence electrons. The normalized spacial score (nSPS) is 19.7. The maximum absolute atomic E-state index is 14.7. The first-order valence-electron chi connectivity index (χ1n) is 16.2. The number of rotatable bonds is 16. The van der Waals surface area contributed by atoms with Crippen molar-refractivity contribution in [3.8, 4) is 11.5 Å². The topological polar surface area (TPSA) is 208 Å². The Kier molecular flexibility index (Phi) is 14.6. The lowest BCUT2D eigenvalue weighted by Gasteiger charge is -2.43. The minimum Gasteiger partial charge on any atom is -0.457 e. The maximum atomic E-state index is 14.7. The number of nitrogens with one attached hydrogen (secondary N) is 3. The molecule has 1 aliphatic carbocycles. The summed E-state index contributed by atoms with van der Waals surface area (Å²) in [5.74, 6) is -6.56. The molecule has 0 aliphatic heterocycles. The number of guanidine groups is 1. The summed E-state index contributed by atoms with van der Waals surface area (Å²) in [6.07, 6.45) is 1.26. The largest absolute Gasteiger partial charge is 0.457 e. The van der Waals surface area contributed by atoms with Crippen LogP contribution >= 0.6 is 11.8 Å². The standard InChI is InChI=1S/C33H47F4N9O3S/c1-19(39)43-23-14-20(32(2,34)35)15-25(18-23)49-24-9-7-22(8-10-24)44-31(48)46-27-17-21(33(3,36)37)16-26(29(27)50-13-11-38)45-28(47)6-4-5-12-42-30(40)41/h7-10,14-15,18,21,26-27,29H,4-6,11-13,16-17,38H2,1-3H3,(H2,39,43)(H,45,47)(H4,40,41,42)(H2,44,46,48). The average Bonchev–Trinajstić information content (AvgIpc) is 3.00. The first-order valence-corrected chi connectivity index (χ1v) is 17.2. The lowest BCUT2D eigenvalue weighted by molar-refractivity contribution is -0.123. The number of amides is 3. The third kappa shape index (κ3) is 13.2. The Morgan fingerprint density at radius 2 is 1.62 bits per heavy atom. The number of nitrogens with zero attached hydrogens (tertiary/aromatic N) is 2. The van der Waals surface area contributed by atoms with Gasteiger partial charge in [0.15, 0.2) is 5.96 Å². The Hall–Kier alpha value is -4.25. The van der Waals surface area contributed by atoms with E-state index in [4.69, 9.17) is 27.7 Å². The summed E-state index contributed by atoms with van der Waals surface area (Å²) >= 11 is 1.41. The van der Waals surface area contributed by atoms with Crippen LogP contribution in [0.2, 0.25) is 0 Å². The number of hydrogen-bond acceptors (Lipinski definition) is 7. The van der Waals surface area contributed by atoms with E-state index in [1.807, 2.05) is 0 Å². The second-order valence-electron chi connectivity index (χ2n) is 12.4. The molecular weight excluding hydrogens is 678 g/mol. The molecule has 0 saturated heterocycles. The molecule has 3 amide bonds. The van der Waals surface area contributed by atoms with E-state index in [1.54, 1.807) is 0 Å².